The lowest BCUT2D eigenvalue weighted by Gasteiger charge is -2.31. The van der Waals surface area contributed by atoms with Gasteiger partial charge in [0.25, 0.3) is 0 Å². The first-order valence-electron chi connectivity index (χ1n) is 3.93. The van der Waals surface area contributed by atoms with Crippen molar-refractivity contribution in [3.63, 3.8) is 0 Å². The highest BCUT2D eigenvalue weighted by atomic mass is 16.2. The summed E-state index contributed by atoms with van der Waals surface area (Å²) in [6.45, 7) is 7.45. The summed E-state index contributed by atoms with van der Waals surface area (Å²) in [6.07, 6.45) is 0. The van der Waals surface area contributed by atoms with Gasteiger partial charge in [-0.1, -0.05) is 7.43 Å². The van der Waals surface area contributed by atoms with Gasteiger partial charge in [0.05, 0.1) is 0 Å². The first-order chi connectivity index (χ1) is 5.70. The normalized spacial score (nSPS) is 16.6. The van der Waals surface area contributed by atoms with Gasteiger partial charge in [-0.15, -0.1) is 0 Å². The molecule has 0 aromatic rings. The number of amides is 1. The summed E-state index contributed by atoms with van der Waals surface area (Å²) in [4.78, 5) is 22.9. The van der Waals surface area contributed by atoms with Crippen LogP contribution in [0.5, 0.6) is 0 Å². The molecule has 1 rings (SSSR count). The predicted octanol–water partition coefficient (Wildman–Crippen LogP) is 0.231. The van der Waals surface area contributed by atoms with Crippen LogP contribution in [-0.4, -0.2) is 55.7 Å². The predicted molar refractivity (Wildman–Crippen MR) is 53.6 cm³/mol. The second kappa shape index (κ2) is 7.73. The average molecular weight is 188 g/mol. The van der Waals surface area contributed by atoms with Gasteiger partial charge < -0.3 is 14.6 Å². The molecule has 0 radical (unpaired) electrons. The third-order valence-corrected chi connectivity index (χ3v) is 1.95. The highest BCUT2D eigenvalue weighted by molar-refractivity contribution is 5.73. The van der Waals surface area contributed by atoms with Crippen LogP contribution in [0.25, 0.3) is 0 Å². The van der Waals surface area contributed by atoms with Crippen LogP contribution >= 0.6 is 0 Å². The Bertz CT molecular complexity index is 143. The number of hydrogen-bond donors (Lipinski definition) is 0. The molecule has 1 aliphatic rings. The second-order valence-corrected chi connectivity index (χ2v) is 2.81. The van der Waals surface area contributed by atoms with Gasteiger partial charge >= 0.3 is 0 Å². The zero-order valence-electron chi connectivity index (χ0n) is 7.75. The Kier molecular flexibility index (Phi) is 8.69. The van der Waals surface area contributed by atoms with E-state index in [9.17, 15) is 4.79 Å². The van der Waals surface area contributed by atoms with E-state index in [1.165, 1.54) is 0 Å². The van der Waals surface area contributed by atoms with E-state index in [1.54, 1.807) is 6.92 Å². The third kappa shape index (κ3) is 5.36. The molecule has 0 spiro atoms. The van der Waals surface area contributed by atoms with E-state index < -0.39 is 0 Å². The molecule has 1 fully saturated rings. The van der Waals surface area contributed by atoms with Crippen molar-refractivity contribution in [2.24, 2.45) is 0 Å². The maximum Gasteiger partial charge on any atom is 0.219 e. The van der Waals surface area contributed by atoms with Crippen LogP contribution in [0.2, 0.25) is 0 Å². The number of rotatable bonds is 0. The Balaban J connectivity index is 0. The lowest BCUT2D eigenvalue weighted by molar-refractivity contribution is -0.130. The van der Waals surface area contributed by atoms with Gasteiger partial charge in [0, 0.05) is 33.1 Å². The number of hydrogen-bond acceptors (Lipinski definition) is 3. The van der Waals surface area contributed by atoms with Crippen LogP contribution < -0.4 is 0 Å². The van der Waals surface area contributed by atoms with Gasteiger partial charge in [-0.2, -0.15) is 0 Å². The van der Waals surface area contributed by atoms with E-state index >= 15 is 0 Å². The molecule has 1 amide bonds. The Morgan fingerprint density at radius 3 is 1.85 bits per heavy atom. The molecule has 0 unspecified atom stereocenters. The zero-order valence-corrected chi connectivity index (χ0v) is 7.75. The summed E-state index contributed by atoms with van der Waals surface area (Å²) in [7, 11) is 2.08. The summed E-state index contributed by atoms with van der Waals surface area (Å²) in [5, 5.41) is 0. The molecule has 4 heteroatoms. The molecule has 1 aliphatic heterocycles. The van der Waals surface area contributed by atoms with Crippen LogP contribution in [0.1, 0.15) is 14.4 Å². The van der Waals surface area contributed by atoms with Gasteiger partial charge in [-0.25, -0.2) is 0 Å². The van der Waals surface area contributed by atoms with Gasteiger partial charge in [0.1, 0.15) is 6.79 Å². The van der Waals surface area contributed by atoms with Crippen molar-refractivity contribution in [3.05, 3.63) is 0 Å². The quantitative estimate of drug-likeness (QED) is 0.546. The minimum atomic E-state index is 0. The van der Waals surface area contributed by atoms with Crippen molar-refractivity contribution in [2.45, 2.75) is 14.4 Å². The first kappa shape index (κ1) is 14.6. The van der Waals surface area contributed by atoms with Crippen molar-refractivity contribution in [2.75, 3.05) is 33.2 Å². The van der Waals surface area contributed by atoms with Gasteiger partial charge in [0.2, 0.25) is 5.91 Å². The van der Waals surface area contributed by atoms with Crippen molar-refractivity contribution in [1.82, 2.24) is 9.80 Å². The first-order valence-corrected chi connectivity index (χ1v) is 3.93. The monoisotopic (exact) mass is 188 g/mol. The van der Waals surface area contributed by atoms with Gasteiger partial charge in [-0.05, 0) is 7.05 Å². The summed E-state index contributed by atoms with van der Waals surface area (Å²) in [5.41, 5.74) is 0. The van der Waals surface area contributed by atoms with E-state index in [1.807, 2.05) is 11.7 Å². The van der Waals surface area contributed by atoms with E-state index in [0.29, 0.717) is 0 Å². The Morgan fingerprint density at radius 2 is 1.54 bits per heavy atom. The molecule has 1 saturated heterocycles. The summed E-state index contributed by atoms with van der Waals surface area (Å²) < 4.78 is 0. The standard InChI is InChI=1S/C7H14N2O.CH2O.CH4/c1-7(10)9-5-3-8(2)4-6-9;1-2;/h3-6H2,1-2H3;1H2;1H4. The maximum absolute atomic E-state index is 10.8. The SMILES string of the molecule is C.C=O.CC(=O)N1CCN(C)CC1. The lowest BCUT2D eigenvalue weighted by atomic mass is 10.3. The maximum atomic E-state index is 10.8. The highest BCUT2D eigenvalue weighted by Gasteiger charge is 2.14. The average Bonchev–Trinajstić information content (AvgIpc) is 2.09. The molecule has 0 aliphatic carbocycles. The van der Waals surface area contributed by atoms with Crippen LogP contribution in [0.4, 0.5) is 0 Å². The van der Waals surface area contributed by atoms with Crippen molar-refractivity contribution in [1.29, 1.82) is 0 Å². The zero-order chi connectivity index (χ0) is 9.56. The van der Waals surface area contributed by atoms with Crippen LogP contribution in [0, 0.1) is 0 Å². The molecule has 78 valence electrons. The molecule has 0 bridgehead atoms. The van der Waals surface area contributed by atoms with Gasteiger partial charge in [0.15, 0.2) is 0 Å². The smallest absolute Gasteiger partial charge is 0.219 e. The van der Waals surface area contributed by atoms with E-state index in [4.69, 9.17) is 4.79 Å². The van der Waals surface area contributed by atoms with E-state index in [-0.39, 0.29) is 13.3 Å². The van der Waals surface area contributed by atoms with Crippen molar-refractivity contribution >= 4 is 12.7 Å². The molecule has 0 aromatic carbocycles. The van der Waals surface area contributed by atoms with Gasteiger partial charge in [-0.3, -0.25) is 4.79 Å². The Morgan fingerprint density at radius 1 is 1.15 bits per heavy atom. The molecule has 0 aromatic heterocycles. The van der Waals surface area contributed by atoms with E-state index in [2.05, 4.69) is 11.9 Å². The third-order valence-electron chi connectivity index (χ3n) is 1.95. The highest BCUT2D eigenvalue weighted by Crippen LogP contribution is 1.98. The molecular weight excluding hydrogens is 168 g/mol. The minimum absolute atomic E-state index is 0. The van der Waals surface area contributed by atoms with Crippen molar-refractivity contribution in [3.8, 4) is 0 Å². The molecular formula is C9H20N2O2. The molecule has 13 heavy (non-hydrogen) atoms. The largest absolute Gasteiger partial charge is 0.340 e. The number of piperazine rings is 1. The molecule has 0 saturated carbocycles. The van der Waals surface area contributed by atoms with Crippen molar-refractivity contribution < 1.29 is 9.59 Å². The fourth-order valence-electron chi connectivity index (χ4n) is 1.12. The Hall–Kier alpha value is -0.900. The molecule has 0 atom stereocenters. The Labute approximate surface area is 80.5 Å². The summed E-state index contributed by atoms with van der Waals surface area (Å²) in [6, 6.07) is 0. The van der Waals surface area contributed by atoms with Crippen LogP contribution in [-0.2, 0) is 9.59 Å². The lowest BCUT2D eigenvalue weighted by Crippen LogP contribution is -2.46. The number of carbonyl (C=O) groups is 2. The molecule has 4 nitrogen and oxygen atoms in total. The summed E-state index contributed by atoms with van der Waals surface area (Å²) in [5.74, 6) is 0.202. The van der Waals surface area contributed by atoms with E-state index in [0.717, 1.165) is 26.2 Å². The second-order valence-electron chi connectivity index (χ2n) is 2.81. The molecule has 0 N–H and O–H groups in total. The number of carbonyl (C=O) groups excluding carboxylic acids is 2. The summed E-state index contributed by atoms with van der Waals surface area (Å²) >= 11 is 0. The van der Waals surface area contributed by atoms with Crippen LogP contribution in [0.3, 0.4) is 0 Å². The van der Waals surface area contributed by atoms with Crippen LogP contribution in [0.15, 0.2) is 0 Å². The fraction of sp³-hybridized carbons (Fsp3) is 0.778. The molecule has 1 heterocycles. The number of nitrogens with zero attached hydrogens (tertiary/aromatic N) is 2. The minimum Gasteiger partial charge on any atom is -0.340 e. The fourth-order valence-corrected chi connectivity index (χ4v) is 1.12. The number of likely N-dealkylation sites (N-methyl/N-ethyl adjacent to an activating group) is 1. The topological polar surface area (TPSA) is 40.6 Å².